The normalized spacial score (nSPS) is 35.5. The fourth-order valence-corrected chi connectivity index (χ4v) is 1.62. The molecule has 1 fully saturated rings. The first-order valence-corrected chi connectivity index (χ1v) is 4.67. The molecule has 2 unspecified atom stereocenters. The van der Waals surface area contributed by atoms with E-state index in [0.29, 0.717) is 0 Å². The lowest BCUT2D eigenvalue weighted by atomic mass is 10.1. The number of aliphatic hydroxyl groups excluding tert-OH is 2. The van der Waals surface area contributed by atoms with Crippen LogP contribution in [0.1, 0.15) is 44.9 Å². The van der Waals surface area contributed by atoms with Gasteiger partial charge in [-0.15, -0.1) is 0 Å². The molecular weight excluding hydrogens is 140 g/mol. The second-order valence-corrected chi connectivity index (χ2v) is 3.48. The Balaban J connectivity index is 2.29. The molecule has 0 bridgehead atoms. The van der Waals surface area contributed by atoms with Crippen molar-refractivity contribution in [3.05, 3.63) is 0 Å². The number of rotatable bonds is 0. The van der Waals surface area contributed by atoms with Crippen molar-refractivity contribution >= 4 is 0 Å². The van der Waals surface area contributed by atoms with Crippen LogP contribution < -0.4 is 0 Å². The van der Waals surface area contributed by atoms with Gasteiger partial charge in [0.05, 0.1) is 12.2 Å². The summed E-state index contributed by atoms with van der Waals surface area (Å²) in [6, 6.07) is 0. The Bertz CT molecular complexity index is 91.7. The van der Waals surface area contributed by atoms with Gasteiger partial charge in [0.15, 0.2) is 0 Å². The Hall–Kier alpha value is -0.0800. The predicted octanol–water partition coefficient (Wildman–Crippen LogP) is 1.45. The second-order valence-electron chi connectivity index (χ2n) is 3.48. The molecule has 1 saturated carbocycles. The van der Waals surface area contributed by atoms with Crippen molar-refractivity contribution in [3.63, 3.8) is 0 Å². The molecule has 1 rings (SSSR count). The lowest BCUT2D eigenvalue weighted by Crippen LogP contribution is -2.25. The molecule has 66 valence electrons. The second kappa shape index (κ2) is 4.73. The van der Waals surface area contributed by atoms with E-state index in [9.17, 15) is 10.2 Å². The van der Waals surface area contributed by atoms with Crippen LogP contribution in [0.25, 0.3) is 0 Å². The Labute approximate surface area is 68.2 Å². The zero-order valence-corrected chi connectivity index (χ0v) is 7.00. The first kappa shape index (κ1) is 9.01. The molecule has 2 atom stereocenters. The third-order valence-electron chi connectivity index (χ3n) is 2.44. The summed E-state index contributed by atoms with van der Waals surface area (Å²) in [5, 5.41) is 18.7. The molecule has 11 heavy (non-hydrogen) atoms. The molecule has 0 aromatic carbocycles. The van der Waals surface area contributed by atoms with E-state index in [0.717, 1.165) is 25.7 Å². The van der Waals surface area contributed by atoms with Crippen molar-refractivity contribution in [1.82, 2.24) is 0 Å². The van der Waals surface area contributed by atoms with Gasteiger partial charge in [-0.2, -0.15) is 0 Å². The minimum Gasteiger partial charge on any atom is -0.390 e. The maximum Gasteiger partial charge on any atom is 0.0799 e. The first-order chi connectivity index (χ1) is 5.30. The summed E-state index contributed by atoms with van der Waals surface area (Å²) >= 11 is 0. The largest absolute Gasteiger partial charge is 0.390 e. The van der Waals surface area contributed by atoms with Crippen molar-refractivity contribution in [1.29, 1.82) is 0 Å². The molecule has 0 amide bonds. The highest BCUT2D eigenvalue weighted by molar-refractivity contribution is 4.69. The van der Waals surface area contributed by atoms with Crippen molar-refractivity contribution in [3.8, 4) is 0 Å². The summed E-state index contributed by atoms with van der Waals surface area (Å²) in [6.07, 6.45) is 6.45. The van der Waals surface area contributed by atoms with E-state index in [1.165, 1.54) is 19.3 Å². The van der Waals surface area contributed by atoms with Crippen LogP contribution in [0.15, 0.2) is 0 Å². The van der Waals surface area contributed by atoms with Gasteiger partial charge < -0.3 is 10.2 Å². The predicted molar refractivity (Wildman–Crippen MR) is 44.3 cm³/mol. The lowest BCUT2D eigenvalue weighted by molar-refractivity contribution is 0.00923. The zero-order chi connectivity index (χ0) is 8.10. The Morgan fingerprint density at radius 2 is 1.00 bits per heavy atom. The molecule has 2 nitrogen and oxygen atoms in total. The van der Waals surface area contributed by atoms with Crippen LogP contribution in [-0.2, 0) is 0 Å². The average Bonchev–Trinajstić information content (AvgIpc) is 2.07. The lowest BCUT2D eigenvalue weighted by Gasteiger charge is -2.15. The van der Waals surface area contributed by atoms with Gasteiger partial charge in [-0.25, -0.2) is 0 Å². The van der Waals surface area contributed by atoms with Crippen molar-refractivity contribution in [2.75, 3.05) is 0 Å². The Morgan fingerprint density at radius 1 is 0.636 bits per heavy atom. The summed E-state index contributed by atoms with van der Waals surface area (Å²) in [5.74, 6) is 0. The SMILES string of the molecule is OC1CCCCCCCC1O. The van der Waals surface area contributed by atoms with Crippen LogP contribution in [0, 0.1) is 0 Å². The number of aliphatic hydroxyl groups is 2. The fourth-order valence-electron chi connectivity index (χ4n) is 1.62. The minimum atomic E-state index is -0.465. The summed E-state index contributed by atoms with van der Waals surface area (Å²) < 4.78 is 0. The molecule has 0 spiro atoms. The van der Waals surface area contributed by atoms with E-state index >= 15 is 0 Å². The van der Waals surface area contributed by atoms with Crippen molar-refractivity contribution in [2.45, 2.75) is 57.2 Å². The highest BCUT2D eigenvalue weighted by Gasteiger charge is 2.16. The summed E-state index contributed by atoms with van der Waals surface area (Å²) in [4.78, 5) is 0. The van der Waals surface area contributed by atoms with Crippen molar-refractivity contribution in [2.24, 2.45) is 0 Å². The standard InChI is InChI=1S/C9H18O2/c10-8-6-4-2-1-3-5-7-9(8)11/h8-11H,1-7H2. The van der Waals surface area contributed by atoms with Crippen LogP contribution in [0.4, 0.5) is 0 Å². The molecule has 0 radical (unpaired) electrons. The van der Waals surface area contributed by atoms with Gasteiger partial charge >= 0.3 is 0 Å². The molecule has 0 saturated heterocycles. The molecular formula is C9H18O2. The van der Waals surface area contributed by atoms with Gasteiger partial charge in [-0.3, -0.25) is 0 Å². The molecule has 2 heteroatoms. The van der Waals surface area contributed by atoms with Gasteiger partial charge in [-0.1, -0.05) is 32.1 Å². The van der Waals surface area contributed by atoms with E-state index < -0.39 is 12.2 Å². The topological polar surface area (TPSA) is 40.5 Å². The van der Waals surface area contributed by atoms with Gasteiger partial charge in [0, 0.05) is 0 Å². The van der Waals surface area contributed by atoms with Crippen LogP contribution in [0.5, 0.6) is 0 Å². The van der Waals surface area contributed by atoms with Gasteiger partial charge in [0.1, 0.15) is 0 Å². The summed E-state index contributed by atoms with van der Waals surface area (Å²) in [5.41, 5.74) is 0. The molecule has 0 aromatic rings. The van der Waals surface area contributed by atoms with Crippen LogP contribution in [0.2, 0.25) is 0 Å². The highest BCUT2D eigenvalue weighted by Crippen LogP contribution is 2.17. The summed E-state index contributed by atoms with van der Waals surface area (Å²) in [7, 11) is 0. The van der Waals surface area contributed by atoms with E-state index in [-0.39, 0.29) is 0 Å². The Kier molecular flexibility index (Phi) is 3.87. The minimum absolute atomic E-state index is 0.465. The van der Waals surface area contributed by atoms with Gasteiger partial charge in [0.25, 0.3) is 0 Å². The molecule has 1 aliphatic rings. The first-order valence-electron chi connectivity index (χ1n) is 4.67. The monoisotopic (exact) mass is 158 g/mol. The smallest absolute Gasteiger partial charge is 0.0799 e. The molecule has 1 aliphatic carbocycles. The zero-order valence-electron chi connectivity index (χ0n) is 7.00. The van der Waals surface area contributed by atoms with E-state index in [1.807, 2.05) is 0 Å². The maximum atomic E-state index is 9.36. The van der Waals surface area contributed by atoms with E-state index in [1.54, 1.807) is 0 Å². The maximum absolute atomic E-state index is 9.36. The van der Waals surface area contributed by atoms with Crippen LogP contribution >= 0.6 is 0 Å². The summed E-state index contributed by atoms with van der Waals surface area (Å²) in [6.45, 7) is 0. The van der Waals surface area contributed by atoms with E-state index in [4.69, 9.17) is 0 Å². The fraction of sp³-hybridized carbons (Fsp3) is 1.00. The van der Waals surface area contributed by atoms with Gasteiger partial charge in [-0.05, 0) is 12.8 Å². The van der Waals surface area contributed by atoms with Crippen molar-refractivity contribution < 1.29 is 10.2 Å². The third-order valence-corrected chi connectivity index (χ3v) is 2.44. The third kappa shape index (κ3) is 3.21. The number of hydrogen-bond donors (Lipinski definition) is 2. The molecule has 0 aliphatic heterocycles. The molecule has 0 aromatic heterocycles. The molecule has 0 heterocycles. The number of hydrogen-bond acceptors (Lipinski definition) is 2. The highest BCUT2D eigenvalue weighted by atomic mass is 16.3. The Morgan fingerprint density at radius 3 is 1.45 bits per heavy atom. The van der Waals surface area contributed by atoms with Crippen LogP contribution in [-0.4, -0.2) is 22.4 Å². The quantitative estimate of drug-likeness (QED) is 0.560. The molecule has 2 N–H and O–H groups in total. The average molecular weight is 158 g/mol. The van der Waals surface area contributed by atoms with E-state index in [2.05, 4.69) is 0 Å². The van der Waals surface area contributed by atoms with Crippen LogP contribution in [0.3, 0.4) is 0 Å². The van der Waals surface area contributed by atoms with Gasteiger partial charge in [0.2, 0.25) is 0 Å².